The summed E-state index contributed by atoms with van der Waals surface area (Å²) in [5, 5.41) is 5.20. The standard InChI is InChI=1S/C56H71N9O6/c1-34(2)49(62-56(69)70-6)53(66)63-30-10-14-47(63)51-58-32-43(60-51)38-16-20-40(21-17-38)45-28-29-46(65(45)42-26-24-37(25-27-42)36-12-8-7-9-13-36)41-22-18-39(19-23-41)44-33-59-52(61-44)48-15-11-31-64(48)54(67)50(35(3)4)71-55(68)57-5/h16-27,32-36,45-50H,7-15,28-31H2,1-6H3,(H,57,68)(H,58,60)(H,59,61)(H,62,69)/t45-,46-,47+,48+,49+,50+/m1/s1. The normalized spacial score (nSPS) is 21.4. The predicted molar refractivity (Wildman–Crippen MR) is 273 cm³/mol. The van der Waals surface area contributed by atoms with E-state index in [0.29, 0.717) is 19.0 Å². The molecule has 1 saturated carbocycles. The highest BCUT2D eigenvalue weighted by atomic mass is 16.6. The van der Waals surface area contributed by atoms with E-state index in [4.69, 9.17) is 19.4 Å². The fourth-order valence-corrected chi connectivity index (χ4v) is 11.6. The third kappa shape index (κ3) is 10.6. The molecule has 4 N–H and O–H groups in total. The number of imidazole rings is 2. The molecule has 5 aromatic rings. The zero-order valence-corrected chi connectivity index (χ0v) is 42.2. The molecular weight excluding hydrogens is 895 g/mol. The molecule has 3 aromatic carbocycles. The van der Waals surface area contributed by atoms with Crippen molar-refractivity contribution < 1.29 is 28.7 Å². The van der Waals surface area contributed by atoms with E-state index in [9.17, 15) is 19.2 Å². The number of nitrogens with zero attached hydrogens (tertiary/aromatic N) is 5. The van der Waals surface area contributed by atoms with Crippen molar-refractivity contribution in [2.75, 3.05) is 32.1 Å². The van der Waals surface area contributed by atoms with Crippen molar-refractivity contribution in [3.05, 3.63) is 114 Å². The Morgan fingerprint density at radius 2 is 1.10 bits per heavy atom. The van der Waals surface area contributed by atoms with Crippen LogP contribution in [0, 0.1) is 11.8 Å². The number of amides is 4. The molecule has 0 bridgehead atoms. The SMILES string of the molecule is CNC(=O)O[C@H](C(=O)N1CCC[C@H]1c1ncc(-c2ccc([C@H]3CC[C@H](c4ccc(-c5cnc([C@@H]6CCCN6C(=O)[C@@H](NC(=O)OC)C(C)C)[nH]5)cc4)N3c3ccc(C4CCCCC4)cc3)cc2)[nH]1)C(C)C. The van der Waals surface area contributed by atoms with Crippen molar-refractivity contribution >= 4 is 29.7 Å². The highest BCUT2D eigenvalue weighted by Crippen LogP contribution is 2.48. The summed E-state index contributed by atoms with van der Waals surface area (Å²) in [5.74, 6) is 1.49. The van der Waals surface area contributed by atoms with E-state index < -0.39 is 24.3 Å². The van der Waals surface area contributed by atoms with Crippen LogP contribution in [0.4, 0.5) is 15.3 Å². The second-order valence-electron chi connectivity index (χ2n) is 20.6. The summed E-state index contributed by atoms with van der Waals surface area (Å²) in [5.41, 5.74) is 8.98. The number of carbonyl (C=O) groups is 4. The van der Waals surface area contributed by atoms with Crippen molar-refractivity contribution in [3.8, 4) is 22.5 Å². The van der Waals surface area contributed by atoms with Crippen LogP contribution in [0.3, 0.4) is 0 Å². The van der Waals surface area contributed by atoms with Gasteiger partial charge in [0.1, 0.15) is 17.7 Å². The number of carbonyl (C=O) groups excluding carboxylic acids is 4. The highest BCUT2D eigenvalue weighted by molar-refractivity contribution is 5.86. The molecule has 376 valence electrons. The number of benzene rings is 3. The number of methoxy groups -OCH3 is 1. The molecule has 6 atom stereocenters. The van der Waals surface area contributed by atoms with Crippen LogP contribution in [0.2, 0.25) is 0 Å². The number of ether oxygens (including phenoxy) is 2. The van der Waals surface area contributed by atoms with Crippen LogP contribution in [0.25, 0.3) is 22.5 Å². The van der Waals surface area contributed by atoms with Gasteiger partial charge >= 0.3 is 12.2 Å². The lowest BCUT2D eigenvalue weighted by Gasteiger charge is -2.34. The molecule has 71 heavy (non-hydrogen) atoms. The van der Waals surface area contributed by atoms with Crippen LogP contribution in [0.15, 0.2) is 85.2 Å². The molecule has 1 aliphatic carbocycles. The highest BCUT2D eigenvalue weighted by Gasteiger charge is 2.40. The van der Waals surface area contributed by atoms with Gasteiger partial charge in [0.2, 0.25) is 5.91 Å². The first kappa shape index (κ1) is 49.3. The van der Waals surface area contributed by atoms with Crippen LogP contribution < -0.4 is 15.5 Å². The quantitative estimate of drug-likeness (QED) is 0.0843. The fraction of sp³-hybridized carbons (Fsp3) is 0.500. The zero-order valence-electron chi connectivity index (χ0n) is 42.2. The van der Waals surface area contributed by atoms with Gasteiger partial charge in [-0.15, -0.1) is 0 Å². The van der Waals surface area contributed by atoms with E-state index in [2.05, 4.69) is 98.3 Å². The minimum Gasteiger partial charge on any atom is -0.453 e. The van der Waals surface area contributed by atoms with Crippen LogP contribution >= 0.6 is 0 Å². The molecule has 0 unspecified atom stereocenters. The first-order valence-electron chi connectivity index (χ1n) is 25.9. The number of alkyl carbamates (subject to hydrolysis) is 2. The van der Waals surface area contributed by atoms with E-state index in [1.807, 2.05) is 45.0 Å². The first-order valence-corrected chi connectivity index (χ1v) is 25.9. The summed E-state index contributed by atoms with van der Waals surface area (Å²) in [6.45, 7) is 8.79. The zero-order chi connectivity index (χ0) is 49.8. The van der Waals surface area contributed by atoms with Crippen molar-refractivity contribution in [2.45, 2.75) is 141 Å². The van der Waals surface area contributed by atoms with Crippen LogP contribution in [0.5, 0.6) is 0 Å². The van der Waals surface area contributed by atoms with E-state index >= 15 is 0 Å². The van der Waals surface area contributed by atoms with Gasteiger partial charge in [-0.2, -0.15) is 0 Å². The minimum absolute atomic E-state index is 0.109. The second kappa shape index (κ2) is 21.8. The summed E-state index contributed by atoms with van der Waals surface area (Å²) in [6.07, 6.45) is 13.3. The molecule has 4 amide bonds. The Hall–Kier alpha value is -6.64. The Bertz CT molecular complexity index is 2470. The molecule has 3 saturated heterocycles. The van der Waals surface area contributed by atoms with Crippen LogP contribution in [0.1, 0.15) is 157 Å². The van der Waals surface area contributed by atoms with Gasteiger partial charge in [-0.25, -0.2) is 19.6 Å². The molecule has 3 aliphatic heterocycles. The minimum atomic E-state index is -0.879. The van der Waals surface area contributed by atoms with Gasteiger partial charge < -0.3 is 44.8 Å². The maximum absolute atomic E-state index is 13.8. The van der Waals surface area contributed by atoms with Crippen molar-refractivity contribution in [2.24, 2.45) is 11.8 Å². The molecule has 15 nitrogen and oxygen atoms in total. The number of nitrogens with one attached hydrogen (secondary N) is 4. The molecule has 4 aliphatic rings. The molecule has 0 radical (unpaired) electrons. The molecule has 9 rings (SSSR count). The van der Waals surface area contributed by atoms with Crippen molar-refractivity contribution in [3.63, 3.8) is 0 Å². The Morgan fingerprint density at radius 3 is 1.58 bits per heavy atom. The Morgan fingerprint density at radius 1 is 0.592 bits per heavy atom. The monoisotopic (exact) mass is 966 g/mol. The Labute approximate surface area is 417 Å². The molecule has 5 heterocycles. The van der Waals surface area contributed by atoms with Gasteiger partial charge in [0, 0.05) is 25.8 Å². The summed E-state index contributed by atoms with van der Waals surface area (Å²) < 4.78 is 10.3. The van der Waals surface area contributed by atoms with E-state index in [1.54, 1.807) is 4.90 Å². The summed E-state index contributed by atoms with van der Waals surface area (Å²) >= 11 is 0. The molecule has 15 heteroatoms. The number of H-pyrrole nitrogens is 2. The Kier molecular flexibility index (Phi) is 15.1. The molecule has 4 fully saturated rings. The smallest absolute Gasteiger partial charge is 0.407 e. The summed E-state index contributed by atoms with van der Waals surface area (Å²) in [4.78, 5) is 74.7. The summed E-state index contributed by atoms with van der Waals surface area (Å²) in [6, 6.07) is 26.3. The topological polar surface area (TPSA) is 178 Å². The molecular formula is C56H71N9O6. The fourth-order valence-electron chi connectivity index (χ4n) is 11.6. The molecule has 2 aromatic heterocycles. The van der Waals surface area contributed by atoms with Crippen molar-refractivity contribution in [1.29, 1.82) is 0 Å². The lowest BCUT2D eigenvalue weighted by Crippen LogP contribution is -2.51. The molecule has 0 spiro atoms. The lowest BCUT2D eigenvalue weighted by molar-refractivity contribution is -0.143. The third-order valence-corrected chi connectivity index (χ3v) is 15.4. The predicted octanol–water partition coefficient (Wildman–Crippen LogP) is 10.7. The van der Waals surface area contributed by atoms with Gasteiger partial charge in [0.05, 0.1) is 55.1 Å². The van der Waals surface area contributed by atoms with Gasteiger partial charge in [0.25, 0.3) is 5.91 Å². The van der Waals surface area contributed by atoms with E-state index in [1.165, 1.54) is 68.6 Å². The van der Waals surface area contributed by atoms with Gasteiger partial charge in [-0.05, 0) is 109 Å². The number of anilines is 1. The third-order valence-electron chi connectivity index (χ3n) is 15.4. The van der Waals surface area contributed by atoms with Gasteiger partial charge in [0.15, 0.2) is 6.10 Å². The lowest BCUT2D eigenvalue weighted by atomic mass is 9.84. The average molecular weight is 966 g/mol. The number of rotatable bonds is 14. The van der Waals surface area contributed by atoms with Gasteiger partial charge in [-0.1, -0.05) is 108 Å². The van der Waals surface area contributed by atoms with Crippen LogP contribution in [-0.2, 0) is 19.1 Å². The number of hydrogen-bond acceptors (Lipinski definition) is 9. The maximum atomic E-state index is 13.8. The number of hydrogen-bond donors (Lipinski definition) is 4. The van der Waals surface area contributed by atoms with Crippen LogP contribution in [-0.4, -0.2) is 93.1 Å². The number of likely N-dealkylation sites (tertiary alicyclic amines) is 2. The van der Waals surface area contributed by atoms with Crippen molar-refractivity contribution in [1.82, 2.24) is 40.4 Å². The average Bonchev–Trinajstić information content (AvgIpc) is 4.27. The van der Waals surface area contributed by atoms with E-state index in [-0.39, 0.29) is 47.8 Å². The number of aromatic amines is 2. The van der Waals surface area contributed by atoms with Gasteiger partial charge in [-0.3, -0.25) is 9.59 Å². The maximum Gasteiger partial charge on any atom is 0.407 e. The Balaban J connectivity index is 0.931. The second-order valence-corrected chi connectivity index (χ2v) is 20.6. The first-order chi connectivity index (χ1) is 34.4. The summed E-state index contributed by atoms with van der Waals surface area (Å²) in [7, 11) is 2.80. The van der Waals surface area contributed by atoms with E-state index in [0.717, 1.165) is 72.7 Å². The number of aromatic nitrogens is 4. The largest absolute Gasteiger partial charge is 0.453 e.